The standard InChI is InChI=1S/C17H33NO3/c1-6-20-16(19)17(5,18-15-9-10-15)11-7-8-12-21-14(4)13(2)3/h13-15,18H,6-12H2,1-5H3. The van der Waals surface area contributed by atoms with Crippen molar-refractivity contribution in [3.8, 4) is 0 Å². The second kappa shape index (κ2) is 8.74. The Kier molecular flexibility index (Phi) is 7.67. The Morgan fingerprint density at radius 3 is 2.48 bits per heavy atom. The number of hydrogen-bond acceptors (Lipinski definition) is 4. The van der Waals surface area contributed by atoms with Crippen LogP contribution in [0.4, 0.5) is 0 Å². The van der Waals surface area contributed by atoms with Crippen LogP contribution >= 0.6 is 0 Å². The number of esters is 1. The molecule has 0 bridgehead atoms. The lowest BCUT2D eigenvalue weighted by Gasteiger charge is -2.29. The van der Waals surface area contributed by atoms with Gasteiger partial charge in [0.15, 0.2) is 0 Å². The molecule has 124 valence electrons. The minimum absolute atomic E-state index is 0.117. The molecule has 1 rings (SSSR count). The summed E-state index contributed by atoms with van der Waals surface area (Å²) in [7, 11) is 0. The van der Waals surface area contributed by atoms with Crippen LogP contribution in [0.3, 0.4) is 0 Å². The molecule has 0 spiro atoms. The molecule has 2 atom stereocenters. The fraction of sp³-hybridized carbons (Fsp3) is 0.941. The summed E-state index contributed by atoms with van der Waals surface area (Å²) in [5, 5.41) is 3.45. The van der Waals surface area contributed by atoms with Crippen LogP contribution in [0, 0.1) is 5.92 Å². The largest absolute Gasteiger partial charge is 0.465 e. The van der Waals surface area contributed by atoms with Gasteiger partial charge in [0.25, 0.3) is 0 Å². The van der Waals surface area contributed by atoms with Crippen LogP contribution in [0.25, 0.3) is 0 Å². The van der Waals surface area contributed by atoms with E-state index in [1.54, 1.807) is 0 Å². The molecular weight excluding hydrogens is 266 g/mol. The van der Waals surface area contributed by atoms with Gasteiger partial charge in [-0.05, 0) is 58.8 Å². The number of hydrogen-bond donors (Lipinski definition) is 1. The maximum atomic E-state index is 12.2. The van der Waals surface area contributed by atoms with Gasteiger partial charge in [0, 0.05) is 12.6 Å². The third-order valence-corrected chi connectivity index (χ3v) is 4.22. The zero-order valence-electron chi connectivity index (χ0n) is 14.4. The normalized spacial score (nSPS) is 19.3. The quantitative estimate of drug-likeness (QED) is 0.470. The monoisotopic (exact) mass is 299 g/mol. The fourth-order valence-corrected chi connectivity index (χ4v) is 2.24. The Morgan fingerprint density at radius 2 is 1.95 bits per heavy atom. The first kappa shape index (κ1) is 18.4. The van der Waals surface area contributed by atoms with Crippen molar-refractivity contribution >= 4 is 5.97 Å². The van der Waals surface area contributed by atoms with Crippen LogP contribution in [0.15, 0.2) is 0 Å². The highest BCUT2D eigenvalue weighted by atomic mass is 16.5. The molecule has 0 amide bonds. The van der Waals surface area contributed by atoms with Gasteiger partial charge in [-0.1, -0.05) is 13.8 Å². The molecule has 0 aliphatic heterocycles. The fourth-order valence-electron chi connectivity index (χ4n) is 2.24. The van der Waals surface area contributed by atoms with E-state index in [4.69, 9.17) is 9.47 Å². The summed E-state index contributed by atoms with van der Waals surface area (Å²) in [6.07, 6.45) is 5.40. The number of carbonyl (C=O) groups is 1. The molecule has 4 heteroatoms. The van der Waals surface area contributed by atoms with Gasteiger partial charge < -0.3 is 9.47 Å². The Labute approximate surface area is 130 Å². The molecule has 2 unspecified atom stereocenters. The average molecular weight is 299 g/mol. The lowest BCUT2D eigenvalue weighted by atomic mass is 9.94. The molecule has 4 nitrogen and oxygen atoms in total. The summed E-state index contributed by atoms with van der Waals surface area (Å²) in [6.45, 7) is 11.5. The van der Waals surface area contributed by atoms with E-state index in [9.17, 15) is 4.79 Å². The average Bonchev–Trinajstić information content (AvgIpc) is 3.22. The van der Waals surface area contributed by atoms with Crippen molar-refractivity contribution in [2.45, 2.75) is 84.4 Å². The minimum Gasteiger partial charge on any atom is -0.465 e. The van der Waals surface area contributed by atoms with E-state index in [0.29, 0.717) is 24.7 Å². The van der Waals surface area contributed by atoms with Crippen molar-refractivity contribution < 1.29 is 14.3 Å². The van der Waals surface area contributed by atoms with E-state index < -0.39 is 5.54 Å². The molecular formula is C17H33NO3. The Balaban J connectivity index is 2.30. The van der Waals surface area contributed by atoms with E-state index in [0.717, 1.165) is 25.9 Å². The molecule has 21 heavy (non-hydrogen) atoms. The first-order valence-corrected chi connectivity index (χ1v) is 8.45. The summed E-state index contributed by atoms with van der Waals surface area (Å²) >= 11 is 0. The number of unbranched alkanes of at least 4 members (excludes halogenated alkanes) is 1. The van der Waals surface area contributed by atoms with E-state index in [2.05, 4.69) is 26.1 Å². The van der Waals surface area contributed by atoms with Gasteiger partial charge >= 0.3 is 5.97 Å². The van der Waals surface area contributed by atoms with Gasteiger partial charge in [0.2, 0.25) is 0 Å². The van der Waals surface area contributed by atoms with Crippen LogP contribution in [0.5, 0.6) is 0 Å². The van der Waals surface area contributed by atoms with Crippen LogP contribution < -0.4 is 5.32 Å². The van der Waals surface area contributed by atoms with Crippen molar-refractivity contribution in [3.05, 3.63) is 0 Å². The molecule has 1 aliphatic rings. The van der Waals surface area contributed by atoms with E-state index >= 15 is 0 Å². The van der Waals surface area contributed by atoms with Crippen molar-refractivity contribution in [2.75, 3.05) is 13.2 Å². The smallest absolute Gasteiger partial charge is 0.326 e. The lowest BCUT2D eigenvalue weighted by Crippen LogP contribution is -2.51. The molecule has 1 fully saturated rings. The van der Waals surface area contributed by atoms with Crippen molar-refractivity contribution in [3.63, 3.8) is 0 Å². The molecule has 0 aromatic heterocycles. The van der Waals surface area contributed by atoms with Gasteiger partial charge in [0.05, 0.1) is 12.7 Å². The maximum Gasteiger partial charge on any atom is 0.326 e. The molecule has 0 saturated heterocycles. The zero-order chi connectivity index (χ0) is 15.9. The van der Waals surface area contributed by atoms with E-state index in [-0.39, 0.29) is 5.97 Å². The number of carbonyl (C=O) groups excluding carboxylic acids is 1. The number of nitrogens with one attached hydrogen (secondary N) is 1. The van der Waals surface area contributed by atoms with Gasteiger partial charge in [-0.3, -0.25) is 10.1 Å². The predicted molar refractivity (Wildman–Crippen MR) is 85.3 cm³/mol. The van der Waals surface area contributed by atoms with E-state index in [1.165, 1.54) is 12.8 Å². The van der Waals surface area contributed by atoms with Gasteiger partial charge in [-0.25, -0.2) is 0 Å². The van der Waals surface area contributed by atoms with Crippen molar-refractivity contribution in [1.82, 2.24) is 5.32 Å². The lowest BCUT2D eigenvalue weighted by molar-refractivity contribution is -0.151. The Bertz CT molecular complexity index is 315. The van der Waals surface area contributed by atoms with E-state index in [1.807, 2.05) is 13.8 Å². The summed E-state index contributed by atoms with van der Waals surface area (Å²) in [4.78, 5) is 12.2. The van der Waals surface area contributed by atoms with Crippen molar-refractivity contribution in [2.24, 2.45) is 5.92 Å². The van der Waals surface area contributed by atoms with Crippen LogP contribution in [-0.4, -0.2) is 36.9 Å². The molecule has 0 heterocycles. The first-order chi connectivity index (χ1) is 9.89. The first-order valence-electron chi connectivity index (χ1n) is 8.45. The zero-order valence-corrected chi connectivity index (χ0v) is 14.4. The maximum absolute atomic E-state index is 12.2. The molecule has 1 aliphatic carbocycles. The Morgan fingerprint density at radius 1 is 1.29 bits per heavy atom. The topological polar surface area (TPSA) is 47.6 Å². The molecule has 1 N–H and O–H groups in total. The predicted octanol–water partition coefficient (Wildman–Crippen LogP) is 3.29. The van der Waals surface area contributed by atoms with Gasteiger partial charge in [-0.2, -0.15) is 0 Å². The highest BCUT2D eigenvalue weighted by Gasteiger charge is 2.39. The number of ether oxygens (including phenoxy) is 2. The van der Waals surface area contributed by atoms with Crippen LogP contribution in [0.1, 0.15) is 66.7 Å². The minimum atomic E-state index is -0.541. The van der Waals surface area contributed by atoms with Crippen LogP contribution in [0.2, 0.25) is 0 Å². The summed E-state index contributed by atoms with van der Waals surface area (Å²) < 4.78 is 11.0. The summed E-state index contributed by atoms with van der Waals surface area (Å²) in [5.41, 5.74) is -0.541. The summed E-state index contributed by atoms with van der Waals surface area (Å²) in [6, 6.07) is 0.497. The molecule has 1 saturated carbocycles. The summed E-state index contributed by atoms with van der Waals surface area (Å²) in [5.74, 6) is 0.430. The molecule has 0 aromatic rings. The van der Waals surface area contributed by atoms with Crippen LogP contribution in [-0.2, 0) is 14.3 Å². The van der Waals surface area contributed by atoms with Crippen molar-refractivity contribution in [1.29, 1.82) is 0 Å². The SMILES string of the molecule is CCOC(=O)C(C)(CCCCOC(C)C(C)C)NC1CC1. The second-order valence-corrected chi connectivity index (χ2v) is 6.75. The highest BCUT2D eigenvalue weighted by Crippen LogP contribution is 2.26. The highest BCUT2D eigenvalue weighted by molar-refractivity contribution is 5.80. The third-order valence-electron chi connectivity index (χ3n) is 4.22. The molecule has 0 radical (unpaired) electrons. The molecule has 0 aromatic carbocycles. The van der Waals surface area contributed by atoms with Gasteiger partial charge in [0.1, 0.15) is 5.54 Å². The Hall–Kier alpha value is -0.610. The van der Waals surface area contributed by atoms with Gasteiger partial charge in [-0.15, -0.1) is 0 Å². The number of rotatable bonds is 11. The second-order valence-electron chi connectivity index (χ2n) is 6.75. The third kappa shape index (κ3) is 6.79.